The monoisotopic (exact) mass is 321 g/mol. The van der Waals surface area contributed by atoms with E-state index in [-0.39, 0.29) is 0 Å². The Hall–Kier alpha value is -1.61. The van der Waals surface area contributed by atoms with Crippen LogP contribution in [0, 0.1) is 24.7 Å². The first kappa shape index (κ1) is 14.7. The molecule has 4 aliphatic carbocycles. The van der Waals surface area contributed by atoms with Gasteiger partial charge in [-0.15, -0.1) is 0 Å². The average Bonchev–Trinajstić information content (AvgIpc) is 3.00. The van der Waals surface area contributed by atoms with Crippen LogP contribution >= 0.6 is 0 Å². The maximum absolute atomic E-state index is 4.69. The van der Waals surface area contributed by atoms with Crippen molar-refractivity contribution in [3.63, 3.8) is 0 Å². The summed E-state index contributed by atoms with van der Waals surface area (Å²) in [6.45, 7) is 3.01. The van der Waals surface area contributed by atoms with E-state index in [0.29, 0.717) is 5.54 Å². The lowest BCUT2D eigenvalue weighted by atomic mass is 9.53. The highest BCUT2D eigenvalue weighted by Gasteiger charge is 2.50. The molecule has 0 aliphatic heterocycles. The molecule has 4 bridgehead atoms. The third-order valence-corrected chi connectivity index (χ3v) is 6.64. The summed E-state index contributed by atoms with van der Waals surface area (Å²) < 4.78 is 2.24. The van der Waals surface area contributed by atoms with Crippen LogP contribution in [0.25, 0.3) is 5.82 Å². The van der Waals surface area contributed by atoms with Gasteiger partial charge in [-0.1, -0.05) is 6.07 Å². The number of nitrogens with zero attached hydrogens (tertiary/aromatic N) is 2. The normalized spacial score (nSPS) is 34.0. The second kappa shape index (κ2) is 5.45. The molecular weight excluding hydrogens is 294 g/mol. The molecule has 4 saturated carbocycles. The quantitative estimate of drug-likeness (QED) is 0.913. The molecule has 0 spiro atoms. The Labute approximate surface area is 144 Å². The topological polar surface area (TPSA) is 29.9 Å². The highest BCUT2D eigenvalue weighted by molar-refractivity contribution is 5.29. The Morgan fingerprint density at radius 2 is 1.75 bits per heavy atom. The van der Waals surface area contributed by atoms with E-state index in [1.807, 2.05) is 0 Å². The first-order chi connectivity index (χ1) is 11.7. The smallest absolute Gasteiger partial charge is 0.137 e. The summed E-state index contributed by atoms with van der Waals surface area (Å²) in [4.78, 5) is 4.69. The van der Waals surface area contributed by atoms with Gasteiger partial charge in [0.15, 0.2) is 0 Å². The zero-order valence-corrected chi connectivity index (χ0v) is 14.5. The van der Waals surface area contributed by atoms with E-state index in [9.17, 15) is 0 Å². The fourth-order valence-electron chi connectivity index (χ4n) is 6.05. The van der Waals surface area contributed by atoms with Crippen molar-refractivity contribution in [2.24, 2.45) is 17.8 Å². The van der Waals surface area contributed by atoms with E-state index in [1.54, 1.807) is 0 Å². The molecule has 6 rings (SSSR count). The van der Waals surface area contributed by atoms with Crippen molar-refractivity contribution in [1.82, 2.24) is 14.9 Å². The summed E-state index contributed by atoms with van der Waals surface area (Å²) in [5, 5.41) is 4.01. The van der Waals surface area contributed by atoms with E-state index in [2.05, 4.69) is 58.3 Å². The molecule has 2 aromatic rings. The van der Waals surface area contributed by atoms with Crippen LogP contribution in [0.15, 0.2) is 36.5 Å². The van der Waals surface area contributed by atoms with Gasteiger partial charge in [0.05, 0.1) is 0 Å². The second-order valence-corrected chi connectivity index (χ2v) is 8.56. The summed E-state index contributed by atoms with van der Waals surface area (Å²) in [5.74, 6) is 4.01. The minimum absolute atomic E-state index is 0.421. The molecule has 2 heterocycles. The second-order valence-electron chi connectivity index (χ2n) is 8.56. The third kappa shape index (κ3) is 2.50. The standard InChI is InChI=1S/C21H27N3/c1-15-4-2-6-20(23-15)24-7-3-5-19(24)14-22-21-11-16-8-17(12-21)10-18(9-16)13-21/h2-7,16-18,22H,8-14H2,1H3. The van der Waals surface area contributed by atoms with E-state index >= 15 is 0 Å². The van der Waals surface area contributed by atoms with Crippen molar-refractivity contribution in [2.75, 3.05) is 0 Å². The van der Waals surface area contributed by atoms with Crippen LogP contribution in [0.2, 0.25) is 0 Å². The molecule has 4 fully saturated rings. The molecule has 3 heteroatoms. The van der Waals surface area contributed by atoms with E-state index in [1.165, 1.54) is 44.2 Å². The Kier molecular flexibility index (Phi) is 3.34. The molecule has 0 radical (unpaired) electrons. The van der Waals surface area contributed by atoms with Gasteiger partial charge >= 0.3 is 0 Å². The number of rotatable bonds is 4. The molecule has 24 heavy (non-hydrogen) atoms. The number of hydrogen-bond donors (Lipinski definition) is 1. The highest BCUT2D eigenvalue weighted by atomic mass is 15.1. The molecule has 0 unspecified atom stereocenters. The van der Waals surface area contributed by atoms with Crippen molar-refractivity contribution in [1.29, 1.82) is 0 Å². The summed E-state index contributed by atoms with van der Waals surface area (Å²) >= 11 is 0. The molecule has 0 saturated heterocycles. The van der Waals surface area contributed by atoms with Gasteiger partial charge in [-0.05, 0) is 87.5 Å². The van der Waals surface area contributed by atoms with Crippen LogP contribution in [-0.2, 0) is 6.54 Å². The lowest BCUT2D eigenvalue weighted by Crippen LogP contribution is -2.58. The van der Waals surface area contributed by atoms with Crippen molar-refractivity contribution >= 4 is 0 Å². The first-order valence-electron chi connectivity index (χ1n) is 9.54. The molecule has 0 atom stereocenters. The highest BCUT2D eigenvalue weighted by Crippen LogP contribution is 2.55. The third-order valence-electron chi connectivity index (χ3n) is 6.64. The van der Waals surface area contributed by atoms with Crippen LogP contribution < -0.4 is 5.32 Å². The van der Waals surface area contributed by atoms with Gasteiger partial charge in [-0.2, -0.15) is 0 Å². The predicted molar refractivity (Wildman–Crippen MR) is 96.0 cm³/mol. The van der Waals surface area contributed by atoms with Gasteiger partial charge in [0.25, 0.3) is 0 Å². The van der Waals surface area contributed by atoms with Gasteiger partial charge in [0.2, 0.25) is 0 Å². The lowest BCUT2D eigenvalue weighted by molar-refractivity contribution is -0.0208. The Morgan fingerprint density at radius 3 is 2.42 bits per heavy atom. The molecule has 3 nitrogen and oxygen atoms in total. The number of aromatic nitrogens is 2. The molecule has 0 aromatic carbocycles. The maximum Gasteiger partial charge on any atom is 0.137 e. The van der Waals surface area contributed by atoms with Gasteiger partial charge in [-0.25, -0.2) is 4.98 Å². The Bertz CT molecular complexity index is 710. The number of nitrogens with one attached hydrogen (secondary N) is 1. The zero-order chi connectivity index (χ0) is 16.1. The number of aryl methyl sites for hydroxylation is 1. The van der Waals surface area contributed by atoms with Gasteiger partial charge < -0.3 is 9.88 Å². The Morgan fingerprint density at radius 1 is 1.04 bits per heavy atom. The van der Waals surface area contributed by atoms with Crippen molar-refractivity contribution < 1.29 is 0 Å². The summed E-state index contributed by atoms with van der Waals surface area (Å²) in [6, 6.07) is 10.6. The minimum atomic E-state index is 0.421. The molecule has 0 amide bonds. The van der Waals surface area contributed by atoms with Crippen LogP contribution in [-0.4, -0.2) is 15.1 Å². The lowest BCUT2D eigenvalue weighted by Gasteiger charge is -2.57. The number of hydrogen-bond acceptors (Lipinski definition) is 2. The van der Waals surface area contributed by atoms with Gasteiger partial charge in [0.1, 0.15) is 5.82 Å². The van der Waals surface area contributed by atoms with Crippen LogP contribution in [0.5, 0.6) is 0 Å². The minimum Gasteiger partial charge on any atom is -0.306 e. The van der Waals surface area contributed by atoms with E-state index in [4.69, 9.17) is 0 Å². The van der Waals surface area contributed by atoms with Crippen LogP contribution in [0.1, 0.15) is 49.9 Å². The largest absolute Gasteiger partial charge is 0.306 e. The fraction of sp³-hybridized carbons (Fsp3) is 0.571. The maximum atomic E-state index is 4.69. The average molecular weight is 321 g/mol. The molecule has 1 N–H and O–H groups in total. The summed E-state index contributed by atoms with van der Waals surface area (Å²) in [7, 11) is 0. The van der Waals surface area contributed by atoms with E-state index in [0.717, 1.165) is 35.8 Å². The van der Waals surface area contributed by atoms with Crippen molar-refractivity contribution in [3.05, 3.63) is 47.9 Å². The first-order valence-corrected chi connectivity index (χ1v) is 9.54. The summed E-state index contributed by atoms with van der Waals surface area (Å²) in [5.41, 5.74) is 2.81. The van der Waals surface area contributed by atoms with E-state index < -0.39 is 0 Å². The molecule has 2 aromatic heterocycles. The van der Waals surface area contributed by atoms with Crippen LogP contribution in [0.4, 0.5) is 0 Å². The Balaban J connectivity index is 1.36. The van der Waals surface area contributed by atoms with Crippen LogP contribution in [0.3, 0.4) is 0 Å². The number of pyridine rings is 1. The van der Waals surface area contributed by atoms with Crippen molar-refractivity contribution in [2.45, 2.75) is 57.5 Å². The zero-order valence-electron chi connectivity index (χ0n) is 14.5. The predicted octanol–water partition coefficient (Wildman–Crippen LogP) is 4.24. The fourth-order valence-corrected chi connectivity index (χ4v) is 6.05. The molecular formula is C21H27N3. The molecule has 4 aliphatic rings. The summed E-state index contributed by atoms with van der Waals surface area (Å²) in [6.07, 6.45) is 10.9. The van der Waals surface area contributed by atoms with Gasteiger partial charge in [0, 0.05) is 29.7 Å². The molecule has 126 valence electrons. The van der Waals surface area contributed by atoms with Gasteiger partial charge in [-0.3, -0.25) is 0 Å². The van der Waals surface area contributed by atoms with Crippen molar-refractivity contribution in [3.8, 4) is 5.82 Å². The SMILES string of the molecule is Cc1cccc(-n2cccc2CNC23CC4CC(CC(C4)C2)C3)n1.